The average Bonchev–Trinajstić information content (AvgIpc) is 2.34. The van der Waals surface area contributed by atoms with Gasteiger partial charge in [0.05, 0.1) is 12.7 Å². The minimum Gasteiger partial charge on any atom is -0.497 e. The number of hydrogen-bond acceptors (Lipinski definition) is 2. The van der Waals surface area contributed by atoms with Crippen molar-refractivity contribution >= 4 is 5.91 Å². The molecule has 0 unspecified atom stereocenters. The van der Waals surface area contributed by atoms with Gasteiger partial charge in [0.15, 0.2) is 0 Å². The lowest BCUT2D eigenvalue weighted by Gasteiger charge is -2.23. The number of ether oxygens (including phenoxy) is 1. The van der Waals surface area contributed by atoms with Crippen molar-refractivity contribution in [3.05, 3.63) is 29.6 Å². The molecule has 0 aliphatic rings. The Morgan fingerprint density at radius 2 is 2.11 bits per heavy atom. The van der Waals surface area contributed by atoms with E-state index in [9.17, 15) is 9.18 Å². The van der Waals surface area contributed by atoms with Gasteiger partial charge in [-0.1, -0.05) is 13.8 Å². The van der Waals surface area contributed by atoms with Gasteiger partial charge in [0.2, 0.25) is 0 Å². The minimum absolute atomic E-state index is 0.0956. The van der Waals surface area contributed by atoms with Crippen LogP contribution in [-0.4, -0.2) is 31.0 Å². The zero-order valence-corrected chi connectivity index (χ0v) is 11.4. The lowest BCUT2D eigenvalue weighted by Crippen LogP contribution is -2.34. The molecule has 0 bridgehead atoms. The highest BCUT2D eigenvalue weighted by molar-refractivity contribution is 5.94. The summed E-state index contributed by atoms with van der Waals surface area (Å²) in [5.74, 6) is -0.0425. The Bertz CT molecular complexity index is 418. The van der Waals surface area contributed by atoms with E-state index in [1.54, 1.807) is 11.0 Å². The molecule has 3 nitrogen and oxygen atoms in total. The molecule has 18 heavy (non-hydrogen) atoms. The molecule has 1 aromatic rings. The molecule has 0 aliphatic heterocycles. The molecule has 1 amide bonds. The first-order valence-corrected chi connectivity index (χ1v) is 6.12. The van der Waals surface area contributed by atoms with Crippen LogP contribution in [-0.2, 0) is 0 Å². The Hall–Kier alpha value is -1.58. The Morgan fingerprint density at radius 1 is 1.44 bits per heavy atom. The summed E-state index contributed by atoms with van der Waals surface area (Å²) in [6.45, 7) is 7.14. The second-order valence-corrected chi connectivity index (χ2v) is 4.58. The largest absolute Gasteiger partial charge is 0.497 e. The Morgan fingerprint density at radius 3 is 2.56 bits per heavy atom. The lowest BCUT2D eigenvalue weighted by atomic mass is 10.1. The highest BCUT2D eigenvalue weighted by atomic mass is 19.1. The lowest BCUT2D eigenvalue weighted by molar-refractivity contribution is 0.0741. The van der Waals surface area contributed by atoms with Crippen LogP contribution in [0, 0.1) is 11.7 Å². The Kier molecular flexibility index (Phi) is 5.13. The van der Waals surface area contributed by atoms with Gasteiger partial charge < -0.3 is 9.64 Å². The molecular formula is C14H20FNO2. The third kappa shape index (κ3) is 3.45. The summed E-state index contributed by atoms with van der Waals surface area (Å²) in [4.78, 5) is 13.8. The van der Waals surface area contributed by atoms with Gasteiger partial charge in [0, 0.05) is 19.2 Å². The number of benzene rings is 1. The van der Waals surface area contributed by atoms with Crippen molar-refractivity contribution in [2.45, 2.75) is 20.8 Å². The van der Waals surface area contributed by atoms with Crippen LogP contribution < -0.4 is 4.74 Å². The summed E-state index contributed by atoms with van der Waals surface area (Å²) < 4.78 is 18.7. The van der Waals surface area contributed by atoms with E-state index in [0.29, 0.717) is 24.8 Å². The van der Waals surface area contributed by atoms with Gasteiger partial charge in [-0.2, -0.15) is 0 Å². The number of rotatable bonds is 5. The molecule has 1 rings (SSSR count). The van der Waals surface area contributed by atoms with Crippen molar-refractivity contribution in [3.63, 3.8) is 0 Å². The first-order chi connectivity index (χ1) is 8.49. The summed E-state index contributed by atoms with van der Waals surface area (Å²) in [6.07, 6.45) is 0. The number of amides is 1. The molecule has 0 atom stereocenters. The standard InChI is InChI=1S/C14H20FNO2/c1-5-16(9-10(2)3)14(17)12-7-6-11(18-4)8-13(12)15/h6-8,10H,5,9H2,1-4H3. The second-order valence-electron chi connectivity index (χ2n) is 4.58. The fourth-order valence-electron chi connectivity index (χ4n) is 1.76. The van der Waals surface area contributed by atoms with Crippen molar-refractivity contribution in [1.82, 2.24) is 4.90 Å². The summed E-state index contributed by atoms with van der Waals surface area (Å²) in [5.41, 5.74) is 0.0956. The monoisotopic (exact) mass is 253 g/mol. The Labute approximate surface area is 108 Å². The molecule has 0 spiro atoms. The number of nitrogens with zero attached hydrogens (tertiary/aromatic N) is 1. The van der Waals surface area contributed by atoms with Crippen molar-refractivity contribution in [2.24, 2.45) is 5.92 Å². The van der Waals surface area contributed by atoms with Crippen LogP contribution in [0.5, 0.6) is 5.75 Å². The maximum absolute atomic E-state index is 13.8. The van der Waals surface area contributed by atoms with Crippen LogP contribution >= 0.6 is 0 Å². The van der Waals surface area contributed by atoms with Gasteiger partial charge in [-0.15, -0.1) is 0 Å². The van der Waals surface area contributed by atoms with E-state index in [1.165, 1.54) is 19.2 Å². The molecule has 0 heterocycles. The predicted molar refractivity (Wildman–Crippen MR) is 69.4 cm³/mol. The topological polar surface area (TPSA) is 29.5 Å². The highest BCUT2D eigenvalue weighted by Crippen LogP contribution is 2.18. The minimum atomic E-state index is -0.540. The quantitative estimate of drug-likeness (QED) is 0.807. The summed E-state index contributed by atoms with van der Waals surface area (Å²) in [6, 6.07) is 4.30. The van der Waals surface area contributed by atoms with E-state index in [2.05, 4.69) is 0 Å². The van der Waals surface area contributed by atoms with Crippen LogP contribution in [0.3, 0.4) is 0 Å². The summed E-state index contributed by atoms with van der Waals surface area (Å²) >= 11 is 0. The molecule has 100 valence electrons. The fraction of sp³-hybridized carbons (Fsp3) is 0.500. The second kappa shape index (κ2) is 6.38. The smallest absolute Gasteiger partial charge is 0.256 e. The van der Waals surface area contributed by atoms with Crippen molar-refractivity contribution in [1.29, 1.82) is 0 Å². The molecule has 4 heteroatoms. The van der Waals surface area contributed by atoms with Gasteiger partial charge in [-0.05, 0) is 25.0 Å². The van der Waals surface area contributed by atoms with Crippen LogP contribution in [0.1, 0.15) is 31.1 Å². The molecule has 0 radical (unpaired) electrons. The molecule has 0 saturated heterocycles. The average molecular weight is 253 g/mol. The van der Waals surface area contributed by atoms with Crippen LogP contribution in [0.4, 0.5) is 4.39 Å². The van der Waals surface area contributed by atoms with Gasteiger partial charge >= 0.3 is 0 Å². The van der Waals surface area contributed by atoms with Crippen LogP contribution in [0.25, 0.3) is 0 Å². The normalized spacial score (nSPS) is 10.6. The van der Waals surface area contributed by atoms with Crippen molar-refractivity contribution in [2.75, 3.05) is 20.2 Å². The highest BCUT2D eigenvalue weighted by Gasteiger charge is 2.19. The number of carbonyl (C=O) groups is 1. The SMILES string of the molecule is CCN(CC(C)C)C(=O)c1ccc(OC)cc1F. The zero-order chi connectivity index (χ0) is 13.7. The molecule has 0 saturated carbocycles. The molecule has 0 aliphatic carbocycles. The predicted octanol–water partition coefficient (Wildman–Crippen LogP) is 2.95. The number of methoxy groups -OCH3 is 1. The van der Waals surface area contributed by atoms with Gasteiger partial charge in [-0.25, -0.2) is 4.39 Å². The third-order valence-corrected chi connectivity index (χ3v) is 2.66. The Balaban J connectivity index is 2.94. The molecule has 0 N–H and O–H groups in total. The summed E-state index contributed by atoms with van der Waals surface area (Å²) in [5, 5.41) is 0. The van der Waals surface area contributed by atoms with Crippen LogP contribution in [0.2, 0.25) is 0 Å². The number of halogens is 1. The zero-order valence-electron chi connectivity index (χ0n) is 11.4. The molecule has 0 fully saturated rings. The van der Waals surface area contributed by atoms with Crippen LogP contribution in [0.15, 0.2) is 18.2 Å². The maximum atomic E-state index is 13.8. The van der Waals surface area contributed by atoms with E-state index in [1.807, 2.05) is 20.8 Å². The van der Waals surface area contributed by atoms with E-state index in [-0.39, 0.29) is 11.5 Å². The van der Waals surface area contributed by atoms with Crippen molar-refractivity contribution in [3.8, 4) is 5.75 Å². The first kappa shape index (κ1) is 14.5. The fourth-order valence-corrected chi connectivity index (χ4v) is 1.76. The third-order valence-electron chi connectivity index (χ3n) is 2.66. The van der Waals surface area contributed by atoms with E-state index >= 15 is 0 Å². The molecule has 1 aromatic carbocycles. The maximum Gasteiger partial charge on any atom is 0.256 e. The van der Waals surface area contributed by atoms with E-state index in [0.717, 1.165) is 0 Å². The van der Waals surface area contributed by atoms with E-state index < -0.39 is 5.82 Å². The van der Waals surface area contributed by atoms with Crippen molar-refractivity contribution < 1.29 is 13.9 Å². The van der Waals surface area contributed by atoms with E-state index in [4.69, 9.17) is 4.74 Å². The van der Waals surface area contributed by atoms with Gasteiger partial charge in [0.25, 0.3) is 5.91 Å². The summed E-state index contributed by atoms with van der Waals surface area (Å²) in [7, 11) is 1.47. The number of carbonyl (C=O) groups excluding carboxylic acids is 1. The van der Waals surface area contributed by atoms with Gasteiger partial charge in [0.1, 0.15) is 11.6 Å². The number of hydrogen-bond donors (Lipinski definition) is 0. The van der Waals surface area contributed by atoms with Gasteiger partial charge in [-0.3, -0.25) is 4.79 Å². The molecular weight excluding hydrogens is 233 g/mol. The first-order valence-electron chi connectivity index (χ1n) is 6.12. The molecule has 0 aromatic heterocycles.